The summed E-state index contributed by atoms with van der Waals surface area (Å²) < 4.78 is 0. The number of carboxylic acid groups (broad SMARTS) is 1. The molecule has 0 unspecified atom stereocenters. The number of hydrogen-bond donors (Lipinski definition) is 1. The van der Waals surface area contributed by atoms with Crippen LogP contribution in [-0.4, -0.2) is 16.8 Å². The van der Waals surface area contributed by atoms with Gasteiger partial charge in [-0.15, -0.1) is 11.8 Å². The maximum Gasteiger partial charge on any atom is 0.313 e. The van der Waals surface area contributed by atoms with Crippen LogP contribution in [0.4, 0.5) is 0 Å². The van der Waals surface area contributed by atoms with Crippen molar-refractivity contribution in [3.8, 4) is 0 Å². The molecule has 0 saturated carbocycles. The molecule has 0 aliphatic carbocycles. The molecule has 1 aromatic carbocycles. The van der Waals surface area contributed by atoms with E-state index in [4.69, 9.17) is 16.7 Å². The molecule has 0 atom stereocenters. The van der Waals surface area contributed by atoms with E-state index in [1.165, 1.54) is 11.8 Å². The Bertz CT molecular complexity index is 325. The molecule has 70 valence electrons. The zero-order valence-corrected chi connectivity index (χ0v) is 8.65. The van der Waals surface area contributed by atoms with E-state index in [1.54, 1.807) is 6.07 Å². The van der Waals surface area contributed by atoms with Gasteiger partial charge in [0.25, 0.3) is 0 Å². The quantitative estimate of drug-likeness (QED) is 0.790. The molecule has 1 N–H and O–H groups in total. The molecule has 0 heterocycles. The molecule has 0 saturated heterocycles. The van der Waals surface area contributed by atoms with Crippen LogP contribution < -0.4 is 0 Å². The Morgan fingerprint density at radius 1 is 1.62 bits per heavy atom. The van der Waals surface area contributed by atoms with Crippen LogP contribution in [0, 0.1) is 6.92 Å². The fourth-order valence-electron chi connectivity index (χ4n) is 0.884. The summed E-state index contributed by atoms with van der Waals surface area (Å²) in [5, 5.41) is 9.16. The van der Waals surface area contributed by atoms with Crippen LogP contribution in [0.5, 0.6) is 0 Å². The molecule has 2 nitrogen and oxygen atoms in total. The predicted octanol–water partition coefficient (Wildman–Crippen LogP) is 2.83. The van der Waals surface area contributed by atoms with Gasteiger partial charge < -0.3 is 5.11 Å². The van der Waals surface area contributed by atoms with E-state index >= 15 is 0 Å². The molecule has 0 aliphatic rings. The first-order valence-electron chi connectivity index (χ1n) is 3.71. The molecule has 0 amide bonds. The van der Waals surface area contributed by atoms with Gasteiger partial charge >= 0.3 is 5.97 Å². The smallest absolute Gasteiger partial charge is 0.313 e. The van der Waals surface area contributed by atoms with Gasteiger partial charge in [0.2, 0.25) is 0 Å². The van der Waals surface area contributed by atoms with Gasteiger partial charge in [-0.2, -0.15) is 0 Å². The number of thioether (sulfide) groups is 1. The van der Waals surface area contributed by atoms with Crippen molar-refractivity contribution in [2.45, 2.75) is 11.8 Å². The van der Waals surface area contributed by atoms with E-state index in [1.807, 2.05) is 19.1 Å². The number of hydrogen-bond acceptors (Lipinski definition) is 2. The van der Waals surface area contributed by atoms with Gasteiger partial charge in [-0.1, -0.05) is 17.7 Å². The minimum Gasteiger partial charge on any atom is -0.481 e. The van der Waals surface area contributed by atoms with Crippen LogP contribution in [0.3, 0.4) is 0 Å². The Morgan fingerprint density at radius 2 is 2.31 bits per heavy atom. The molecule has 0 bridgehead atoms. The second kappa shape index (κ2) is 4.53. The largest absolute Gasteiger partial charge is 0.481 e. The summed E-state index contributed by atoms with van der Waals surface area (Å²) in [6.45, 7) is 1.88. The van der Waals surface area contributed by atoms with Gasteiger partial charge in [-0.25, -0.2) is 0 Å². The summed E-state index contributed by atoms with van der Waals surface area (Å²) in [4.78, 5) is 11.2. The molecule has 4 heteroatoms. The van der Waals surface area contributed by atoms with E-state index in [-0.39, 0.29) is 5.75 Å². The van der Waals surface area contributed by atoms with Gasteiger partial charge in [0.05, 0.1) is 5.75 Å². The number of carboxylic acids is 1. The standard InChI is InChI=1S/C9H9ClO2S/c1-6-7(10)3-2-4-8(6)13-5-9(11)12/h2-4H,5H2,1H3,(H,11,12). The molecule has 0 fully saturated rings. The Balaban J connectivity index is 2.77. The number of halogens is 1. The van der Waals surface area contributed by atoms with Gasteiger partial charge in [0.1, 0.15) is 0 Å². The molecule has 0 spiro atoms. The summed E-state index contributed by atoms with van der Waals surface area (Å²) in [5.41, 5.74) is 0.940. The van der Waals surface area contributed by atoms with Crippen molar-refractivity contribution in [2.24, 2.45) is 0 Å². The van der Waals surface area contributed by atoms with E-state index in [9.17, 15) is 4.79 Å². The molecule has 1 rings (SSSR count). The average molecular weight is 217 g/mol. The number of benzene rings is 1. The highest BCUT2D eigenvalue weighted by atomic mass is 35.5. The highest BCUT2D eigenvalue weighted by Crippen LogP contribution is 2.27. The maximum atomic E-state index is 10.3. The predicted molar refractivity (Wildman–Crippen MR) is 54.5 cm³/mol. The Kier molecular flexibility index (Phi) is 3.63. The van der Waals surface area contributed by atoms with Crippen LogP contribution in [0.15, 0.2) is 23.1 Å². The summed E-state index contributed by atoms with van der Waals surface area (Å²) in [5.74, 6) is -0.745. The van der Waals surface area contributed by atoms with Crippen molar-refractivity contribution in [3.05, 3.63) is 28.8 Å². The lowest BCUT2D eigenvalue weighted by Gasteiger charge is -2.04. The summed E-state index contributed by atoms with van der Waals surface area (Å²) in [6, 6.07) is 5.48. The number of aliphatic carboxylic acids is 1. The summed E-state index contributed by atoms with van der Waals surface area (Å²) >= 11 is 7.15. The summed E-state index contributed by atoms with van der Waals surface area (Å²) in [6.07, 6.45) is 0. The van der Waals surface area contributed by atoms with E-state index in [2.05, 4.69) is 0 Å². The molecular formula is C9H9ClO2S. The highest BCUT2D eigenvalue weighted by molar-refractivity contribution is 8.00. The van der Waals surface area contributed by atoms with Gasteiger partial charge in [-0.3, -0.25) is 4.79 Å². The average Bonchev–Trinajstić information content (AvgIpc) is 2.07. The first kappa shape index (κ1) is 10.4. The molecule has 0 aliphatic heterocycles. The summed E-state index contributed by atoms with van der Waals surface area (Å²) in [7, 11) is 0. The molecule has 0 aromatic heterocycles. The Labute approximate surface area is 85.9 Å². The van der Waals surface area contributed by atoms with Crippen molar-refractivity contribution in [2.75, 3.05) is 5.75 Å². The SMILES string of the molecule is Cc1c(Cl)cccc1SCC(=O)O. The zero-order chi connectivity index (χ0) is 9.84. The van der Waals surface area contributed by atoms with Crippen LogP contribution in [0.25, 0.3) is 0 Å². The molecule has 1 aromatic rings. The van der Waals surface area contributed by atoms with Crippen molar-refractivity contribution in [1.29, 1.82) is 0 Å². The first-order chi connectivity index (χ1) is 6.11. The second-order valence-corrected chi connectivity index (χ2v) is 3.97. The lowest BCUT2D eigenvalue weighted by molar-refractivity contribution is -0.133. The number of carbonyl (C=O) groups is 1. The van der Waals surface area contributed by atoms with E-state index < -0.39 is 5.97 Å². The van der Waals surface area contributed by atoms with Crippen molar-refractivity contribution >= 4 is 29.3 Å². The number of rotatable bonds is 3. The lowest BCUT2D eigenvalue weighted by Crippen LogP contribution is -1.97. The van der Waals surface area contributed by atoms with Gasteiger partial charge in [-0.05, 0) is 24.6 Å². The molecule has 0 radical (unpaired) electrons. The minimum absolute atomic E-state index is 0.0706. The molecular weight excluding hydrogens is 208 g/mol. The minimum atomic E-state index is -0.815. The molecule has 13 heavy (non-hydrogen) atoms. The van der Waals surface area contributed by atoms with Crippen molar-refractivity contribution in [1.82, 2.24) is 0 Å². The first-order valence-corrected chi connectivity index (χ1v) is 5.07. The topological polar surface area (TPSA) is 37.3 Å². The zero-order valence-electron chi connectivity index (χ0n) is 7.08. The maximum absolute atomic E-state index is 10.3. The third-order valence-electron chi connectivity index (χ3n) is 1.57. The second-order valence-electron chi connectivity index (χ2n) is 2.55. The van der Waals surface area contributed by atoms with Crippen LogP contribution in [0.2, 0.25) is 5.02 Å². The lowest BCUT2D eigenvalue weighted by atomic mass is 10.2. The van der Waals surface area contributed by atoms with E-state index in [0.29, 0.717) is 5.02 Å². The Hall–Kier alpha value is -0.670. The third kappa shape index (κ3) is 2.94. The Morgan fingerprint density at radius 3 is 2.92 bits per heavy atom. The van der Waals surface area contributed by atoms with Crippen LogP contribution in [-0.2, 0) is 4.79 Å². The normalized spacial score (nSPS) is 10.0. The highest BCUT2D eigenvalue weighted by Gasteiger charge is 2.04. The van der Waals surface area contributed by atoms with Crippen LogP contribution in [0.1, 0.15) is 5.56 Å². The monoisotopic (exact) mass is 216 g/mol. The van der Waals surface area contributed by atoms with Gasteiger partial charge in [0, 0.05) is 9.92 Å². The fraction of sp³-hybridized carbons (Fsp3) is 0.222. The van der Waals surface area contributed by atoms with Crippen molar-refractivity contribution in [3.63, 3.8) is 0 Å². The van der Waals surface area contributed by atoms with Crippen LogP contribution >= 0.6 is 23.4 Å². The third-order valence-corrected chi connectivity index (χ3v) is 3.12. The van der Waals surface area contributed by atoms with E-state index in [0.717, 1.165) is 10.5 Å². The fourth-order valence-corrected chi connectivity index (χ4v) is 1.89. The van der Waals surface area contributed by atoms with Gasteiger partial charge in [0.15, 0.2) is 0 Å². The van der Waals surface area contributed by atoms with Crippen molar-refractivity contribution < 1.29 is 9.90 Å².